The van der Waals surface area contributed by atoms with E-state index in [-0.39, 0.29) is 11.9 Å². The molecule has 0 spiro atoms. The van der Waals surface area contributed by atoms with Gasteiger partial charge in [-0.15, -0.1) is 0 Å². The molecule has 1 aliphatic rings. The number of nitrogens with one attached hydrogen (secondary N) is 1. The molecule has 2 aromatic rings. The number of hydrogen-bond donors (Lipinski definition) is 1. The largest absolute Gasteiger partial charge is 0.444 e. The molecule has 0 unspecified atom stereocenters. The van der Waals surface area contributed by atoms with Crippen molar-refractivity contribution < 1.29 is 14.3 Å². The zero-order valence-corrected chi connectivity index (χ0v) is 15.9. The third-order valence-corrected chi connectivity index (χ3v) is 4.35. The Morgan fingerprint density at radius 1 is 1.15 bits per heavy atom. The van der Waals surface area contributed by atoms with Crippen LogP contribution >= 0.6 is 0 Å². The Kier molecular flexibility index (Phi) is 5.44. The molecule has 6 nitrogen and oxygen atoms in total. The fourth-order valence-electron chi connectivity index (χ4n) is 3.27. The first-order valence-corrected chi connectivity index (χ1v) is 9.16. The van der Waals surface area contributed by atoms with Crippen LogP contribution in [-0.4, -0.2) is 34.0 Å². The quantitative estimate of drug-likeness (QED) is 0.872. The van der Waals surface area contributed by atoms with Gasteiger partial charge >= 0.3 is 6.09 Å². The van der Waals surface area contributed by atoms with Gasteiger partial charge in [0.1, 0.15) is 11.4 Å². The van der Waals surface area contributed by atoms with E-state index in [2.05, 4.69) is 10.3 Å². The molecule has 2 heterocycles. The number of amides is 2. The predicted octanol–water partition coefficient (Wildman–Crippen LogP) is 4.41. The van der Waals surface area contributed by atoms with Gasteiger partial charge in [-0.25, -0.2) is 9.78 Å². The van der Waals surface area contributed by atoms with Crippen molar-refractivity contribution in [2.45, 2.75) is 45.3 Å². The second-order valence-electron chi connectivity index (χ2n) is 7.59. The molecule has 0 radical (unpaired) electrons. The summed E-state index contributed by atoms with van der Waals surface area (Å²) in [5.74, 6) is 0.426. The Morgan fingerprint density at radius 2 is 1.89 bits per heavy atom. The van der Waals surface area contributed by atoms with Gasteiger partial charge in [-0.05, 0) is 51.8 Å². The first-order chi connectivity index (χ1) is 12.8. The highest BCUT2D eigenvalue weighted by Crippen LogP contribution is 2.36. The highest BCUT2D eigenvalue weighted by molar-refractivity contribution is 5.95. The maximum Gasteiger partial charge on any atom is 0.413 e. The van der Waals surface area contributed by atoms with E-state index in [4.69, 9.17) is 4.74 Å². The topological polar surface area (TPSA) is 71.5 Å². The molecule has 1 atom stereocenters. The molecule has 3 rings (SSSR count). The SMILES string of the molecule is CC(C)(C)OC(=O)Nc1ncccc1[C@H]1CCCN1C(=O)c1ccccc1. The normalized spacial score (nSPS) is 16.9. The molecule has 27 heavy (non-hydrogen) atoms. The maximum absolute atomic E-state index is 12.9. The van der Waals surface area contributed by atoms with E-state index in [0.29, 0.717) is 17.9 Å². The fraction of sp³-hybridized carbons (Fsp3) is 0.381. The Morgan fingerprint density at radius 3 is 2.59 bits per heavy atom. The smallest absolute Gasteiger partial charge is 0.413 e. The Hall–Kier alpha value is -2.89. The number of nitrogens with zero attached hydrogens (tertiary/aromatic N) is 2. The van der Waals surface area contributed by atoms with Crippen LogP contribution in [0.1, 0.15) is 55.6 Å². The molecule has 2 amide bonds. The van der Waals surface area contributed by atoms with Crippen molar-refractivity contribution in [2.24, 2.45) is 0 Å². The molecular weight excluding hydrogens is 342 g/mol. The van der Waals surface area contributed by atoms with Crippen LogP contribution in [0.3, 0.4) is 0 Å². The van der Waals surface area contributed by atoms with Gasteiger partial charge in [-0.3, -0.25) is 10.1 Å². The average molecular weight is 367 g/mol. The molecule has 1 aromatic heterocycles. The first-order valence-electron chi connectivity index (χ1n) is 9.16. The molecule has 0 saturated carbocycles. The maximum atomic E-state index is 12.9. The molecule has 1 aromatic carbocycles. The molecule has 6 heteroatoms. The predicted molar refractivity (Wildman–Crippen MR) is 104 cm³/mol. The van der Waals surface area contributed by atoms with Crippen molar-refractivity contribution in [2.75, 3.05) is 11.9 Å². The number of hydrogen-bond acceptors (Lipinski definition) is 4. The second kappa shape index (κ2) is 7.78. The van der Waals surface area contributed by atoms with Gasteiger partial charge in [0.25, 0.3) is 5.91 Å². The van der Waals surface area contributed by atoms with Gasteiger partial charge in [0.2, 0.25) is 0 Å². The first kappa shape index (κ1) is 18.9. The van der Waals surface area contributed by atoms with E-state index in [9.17, 15) is 9.59 Å². The highest BCUT2D eigenvalue weighted by Gasteiger charge is 2.32. The van der Waals surface area contributed by atoms with Crippen LogP contribution in [0, 0.1) is 0 Å². The lowest BCUT2D eigenvalue weighted by Gasteiger charge is -2.27. The van der Waals surface area contributed by atoms with E-state index in [1.165, 1.54) is 0 Å². The van der Waals surface area contributed by atoms with Crippen molar-refractivity contribution in [1.82, 2.24) is 9.88 Å². The number of rotatable bonds is 3. The number of carbonyl (C=O) groups is 2. The number of pyridine rings is 1. The van der Waals surface area contributed by atoms with Crippen molar-refractivity contribution >= 4 is 17.8 Å². The van der Waals surface area contributed by atoms with Crippen molar-refractivity contribution in [3.63, 3.8) is 0 Å². The number of aromatic nitrogens is 1. The van der Waals surface area contributed by atoms with Gasteiger partial charge in [-0.2, -0.15) is 0 Å². The van der Waals surface area contributed by atoms with Gasteiger partial charge in [0.15, 0.2) is 0 Å². The minimum atomic E-state index is -0.596. The average Bonchev–Trinajstić information content (AvgIpc) is 3.10. The molecule has 0 aliphatic carbocycles. The zero-order valence-electron chi connectivity index (χ0n) is 15.9. The third kappa shape index (κ3) is 4.64. The minimum absolute atomic E-state index is 0.00910. The molecule has 1 saturated heterocycles. The minimum Gasteiger partial charge on any atom is -0.444 e. The monoisotopic (exact) mass is 367 g/mol. The summed E-state index contributed by atoms with van der Waals surface area (Å²) in [6.07, 6.45) is 2.80. The summed E-state index contributed by atoms with van der Waals surface area (Å²) in [5.41, 5.74) is 0.891. The van der Waals surface area contributed by atoms with Crippen molar-refractivity contribution in [3.8, 4) is 0 Å². The van der Waals surface area contributed by atoms with Gasteiger partial charge in [0.05, 0.1) is 6.04 Å². The van der Waals surface area contributed by atoms with Crippen LogP contribution in [-0.2, 0) is 4.74 Å². The van der Waals surface area contributed by atoms with E-state index >= 15 is 0 Å². The summed E-state index contributed by atoms with van der Waals surface area (Å²) in [6, 6.07) is 12.8. The Balaban J connectivity index is 1.83. The van der Waals surface area contributed by atoms with E-state index in [0.717, 1.165) is 18.4 Å². The molecule has 0 bridgehead atoms. The van der Waals surface area contributed by atoms with E-state index < -0.39 is 11.7 Å². The summed E-state index contributed by atoms with van der Waals surface area (Å²) in [5, 5.41) is 2.73. The van der Waals surface area contributed by atoms with Crippen molar-refractivity contribution in [1.29, 1.82) is 0 Å². The standard InChI is InChI=1S/C21H25N3O3/c1-21(2,3)27-20(26)23-18-16(11-7-13-22-18)17-12-8-14-24(17)19(25)15-9-5-4-6-10-15/h4-7,9-11,13,17H,8,12,14H2,1-3H3,(H,22,23,26)/t17-/m1/s1. The number of anilines is 1. The molecule has 142 valence electrons. The Labute approximate surface area is 159 Å². The molecular formula is C21H25N3O3. The lowest BCUT2D eigenvalue weighted by Crippen LogP contribution is -2.32. The van der Waals surface area contributed by atoms with Gasteiger partial charge in [-0.1, -0.05) is 24.3 Å². The Bertz CT molecular complexity index is 815. The number of ether oxygens (including phenoxy) is 1. The van der Waals surface area contributed by atoms with Crippen molar-refractivity contribution in [3.05, 3.63) is 59.8 Å². The summed E-state index contributed by atoms with van der Waals surface area (Å²) < 4.78 is 5.33. The van der Waals surface area contributed by atoms with Crippen LogP contribution < -0.4 is 5.32 Å². The summed E-state index contributed by atoms with van der Waals surface area (Å²) >= 11 is 0. The lowest BCUT2D eigenvalue weighted by atomic mass is 10.0. The van der Waals surface area contributed by atoms with Crippen LogP contribution in [0.15, 0.2) is 48.7 Å². The van der Waals surface area contributed by atoms with E-state index in [1.54, 1.807) is 6.20 Å². The van der Waals surface area contributed by atoms with Gasteiger partial charge < -0.3 is 9.64 Å². The van der Waals surface area contributed by atoms with Crippen LogP contribution in [0.5, 0.6) is 0 Å². The summed E-state index contributed by atoms with van der Waals surface area (Å²) in [4.78, 5) is 31.3. The fourth-order valence-corrected chi connectivity index (χ4v) is 3.27. The molecule has 1 fully saturated rings. The highest BCUT2D eigenvalue weighted by atomic mass is 16.6. The zero-order chi connectivity index (χ0) is 19.4. The second-order valence-corrected chi connectivity index (χ2v) is 7.59. The van der Waals surface area contributed by atoms with Gasteiger partial charge in [0, 0.05) is 23.9 Å². The number of carbonyl (C=O) groups excluding carboxylic acids is 2. The molecule has 1 aliphatic heterocycles. The van der Waals surface area contributed by atoms with Crippen LogP contribution in [0.4, 0.5) is 10.6 Å². The lowest BCUT2D eigenvalue weighted by molar-refractivity contribution is 0.0635. The van der Waals surface area contributed by atoms with Crippen LogP contribution in [0.25, 0.3) is 0 Å². The summed E-state index contributed by atoms with van der Waals surface area (Å²) in [7, 11) is 0. The molecule has 1 N–H and O–H groups in total. The third-order valence-electron chi connectivity index (χ3n) is 4.35. The van der Waals surface area contributed by atoms with E-state index in [1.807, 2.05) is 68.1 Å². The summed E-state index contributed by atoms with van der Waals surface area (Å²) in [6.45, 7) is 6.11. The van der Waals surface area contributed by atoms with Crippen LogP contribution in [0.2, 0.25) is 0 Å². The number of benzene rings is 1. The number of likely N-dealkylation sites (tertiary alicyclic amines) is 1.